The van der Waals surface area contributed by atoms with Gasteiger partial charge in [-0.1, -0.05) is 42.5 Å². The third-order valence-electron chi connectivity index (χ3n) is 3.71. The van der Waals surface area contributed by atoms with Crippen LogP contribution >= 0.6 is 0 Å². The van der Waals surface area contributed by atoms with Gasteiger partial charge in [0.25, 0.3) is 0 Å². The van der Waals surface area contributed by atoms with Crippen LogP contribution in [0.3, 0.4) is 0 Å². The van der Waals surface area contributed by atoms with Gasteiger partial charge in [0.05, 0.1) is 6.04 Å². The zero-order valence-corrected chi connectivity index (χ0v) is 12.1. The van der Waals surface area contributed by atoms with E-state index in [0.29, 0.717) is 11.5 Å². The van der Waals surface area contributed by atoms with Crippen LogP contribution in [0.2, 0.25) is 0 Å². The number of nitrogens with zero attached hydrogens (tertiary/aromatic N) is 4. The van der Waals surface area contributed by atoms with E-state index in [-0.39, 0.29) is 6.04 Å². The lowest BCUT2D eigenvalue weighted by Crippen LogP contribution is -2.11. The van der Waals surface area contributed by atoms with E-state index in [9.17, 15) is 0 Å². The maximum atomic E-state index is 6.17. The number of hydrogen-bond donors (Lipinski definition) is 1. The van der Waals surface area contributed by atoms with Crippen LogP contribution in [-0.4, -0.2) is 20.2 Å². The van der Waals surface area contributed by atoms with Crippen LogP contribution in [0.4, 0.5) is 5.69 Å². The third kappa shape index (κ3) is 2.38. The monoisotopic (exact) mass is 279 g/mol. The Kier molecular flexibility index (Phi) is 3.39. The second-order valence-corrected chi connectivity index (χ2v) is 5.07. The molecule has 0 radical (unpaired) electrons. The van der Waals surface area contributed by atoms with E-state index in [1.54, 1.807) is 4.68 Å². The van der Waals surface area contributed by atoms with Crippen LogP contribution in [0, 0.1) is 6.92 Å². The Hall–Kier alpha value is -2.69. The van der Waals surface area contributed by atoms with Crippen molar-refractivity contribution < 1.29 is 0 Å². The number of nitrogen functional groups attached to an aromatic ring is 1. The first-order chi connectivity index (χ1) is 10.2. The smallest absolute Gasteiger partial charge is 0.184 e. The first kappa shape index (κ1) is 13.3. The van der Waals surface area contributed by atoms with E-state index in [4.69, 9.17) is 5.73 Å². The number of anilines is 1. The van der Waals surface area contributed by atoms with Crippen molar-refractivity contribution in [2.75, 3.05) is 5.73 Å². The van der Waals surface area contributed by atoms with Gasteiger partial charge in [0.15, 0.2) is 5.82 Å². The Bertz CT molecular complexity index is 748. The van der Waals surface area contributed by atoms with Crippen LogP contribution in [0.1, 0.15) is 24.1 Å². The van der Waals surface area contributed by atoms with Gasteiger partial charge in [-0.05, 0) is 41.5 Å². The highest BCUT2D eigenvalue weighted by atomic mass is 15.5. The summed E-state index contributed by atoms with van der Waals surface area (Å²) in [6.45, 7) is 4.05. The van der Waals surface area contributed by atoms with Gasteiger partial charge in [-0.15, -0.1) is 5.10 Å². The number of rotatable bonds is 3. The lowest BCUT2D eigenvalue weighted by atomic mass is 10.1. The average Bonchev–Trinajstić information content (AvgIpc) is 2.99. The molecule has 5 heteroatoms. The molecule has 0 saturated heterocycles. The van der Waals surface area contributed by atoms with Crippen LogP contribution in [0.5, 0.6) is 0 Å². The molecular formula is C16H17N5. The fraction of sp³-hybridized carbons (Fsp3) is 0.188. The van der Waals surface area contributed by atoms with Gasteiger partial charge in [0.1, 0.15) is 0 Å². The molecule has 0 fully saturated rings. The molecule has 3 rings (SSSR count). The minimum Gasteiger partial charge on any atom is -0.398 e. The van der Waals surface area contributed by atoms with Gasteiger partial charge in [0, 0.05) is 11.3 Å². The van der Waals surface area contributed by atoms with Crippen molar-refractivity contribution >= 4 is 5.69 Å². The molecule has 0 aliphatic heterocycles. The SMILES string of the molecule is Cc1cccc(-c2nnnn2C(C)c2ccccc2)c1N. The fourth-order valence-electron chi connectivity index (χ4n) is 2.38. The average molecular weight is 279 g/mol. The van der Waals surface area contributed by atoms with Crippen molar-refractivity contribution in [3.8, 4) is 11.4 Å². The van der Waals surface area contributed by atoms with Gasteiger partial charge in [-0.2, -0.15) is 0 Å². The lowest BCUT2D eigenvalue weighted by molar-refractivity contribution is 0.548. The number of hydrogen-bond acceptors (Lipinski definition) is 4. The number of aryl methyl sites for hydroxylation is 1. The molecule has 1 atom stereocenters. The largest absolute Gasteiger partial charge is 0.398 e. The van der Waals surface area contributed by atoms with Crippen LogP contribution in [0.25, 0.3) is 11.4 Å². The van der Waals surface area contributed by atoms with Crippen molar-refractivity contribution in [2.24, 2.45) is 0 Å². The summed E-state index contributed by atoms with van der Waals surface area (Å²) in [6, 6.07) is 16.1. The molecule has 1 heterocycles. The number of aromatic nitrogens is 4. The Morgan fingerprint density at radius 1 is 1.05 bits per heavy atom. The molecule has 1 unspecified atom stereocenters. The number of nitrogens with two attached hydrogens (primary N) is 1. The molecule has 2 aromatic carbocycles. The predicted octanol–water partition coefficient (Wildman–Crippen LogP) is 2.84. The summed E-state index contributed by atoms with van der Waals surface area (Å²) in [5.41, 5.74) is 9.93. The molecule has 0 bridgehead atoms. The number of benzene rings is 2. The quantitative estimate of drug-likeness (QED) is 0.748. The first-order valence-electron chi connectivity index (χ1n) is 6.86. The van der Waals surface area contributed by atoms with E-state index in [2.05, 4.69) is 34.6 Å². The van der Waals surface area contributed by atoms with Crippen molar-refractivity contribution in [3.05, 3.63) is 59.7 Å². The van der Waals surface area contributed by atoms with Gasteiger partial charge >= 0.3 is 0 Å². The van der Waals surface area contributed by atoms with E-state index in [0.717, 1.165) is 16.7 Å². The summed E-state index contributed by atoms with van der Waals surface area (Å²) in [5, 5.41) is 12.1. The summed E-state index contributed by atoms with van der Waals surface area (Å²) < 4.78 is 1.81. The minimum atomic E-state index is 0.0381. The van der Waals surface area contributed by atoms with Crippen molar-refractivity contribution in [2.45, 2.75) is 19.9 Å². The van der Waals surface area contributed by atoms with E-state index >= 15 is 0 Å². The molecular weight excluding hydrogens is 262 g/mol. The van der Waals surface area contributed by atoms with Crippen molar-refractivity contribution in [3.63, 3.8) is 0 Å². The standard InChI is InChI=1S/C16H17N5/c1-11-7-6-10-14(15(11)17)16-18-19-20-21(16)12(2)13-8-4-3-5-9-13/h3-10,12H,17H2,1-2H3. The van der Waals surface area contributed by atoms with E-state index < -0.39 is 0 Å². The molecule has 0 amide bonds. The predicted molar refractivity (Wildman–Crippen MR) is 82.7 cm³/mol. The Morgan fingerprint density at radius 2 is 1.81 bits per heavy atom. The zero-order chi connectivity index (χ0) is 14.8. The van der Waals surface area contributed by atoms with Crippen LogP contribution in [-0.2, 0) is 0 Å². The lowest BCUT2D eigenvalue weighted by Gasteiger charge is -2.15. The zero-order valence-electron chi connectivity index (χ0n) is 12.1. The molecule has 5 nitrogen and oxygen atoms in total. The van der Waals surface area contributed by atoms with Crippen LogP contribution in [0.15, 0.2) is 48.5 Å². The molecule has 0 aliphatic carbocycles. The first-order valence-corrected chi connectivity index (χ1v) is 6.86. The highest BCUT2D eigenvalue weighted by molar-refractivity contribution is 5.74. The summed E-state index contributed by atoms with van der Waals surface area (Å²) >= 11 is 0. The molecule has 21 heavy (non-hydrogen) atoms. The maximum Gasteiger partial charge on any atom is 0.184 e. The molecule has 0 saturated carbocycles. The van der Waals surface area contributed by atoms with Crippen molar-refractivity contribution in [1.29, 1.82) is 0 Å². The van der Waals surface area contributed by atoms with E-state index in [1.807, 2.05) is 43.3 Å². The number of tetrazole rings is 1. The van der Waals surface area contributed by atoms with Crippen molar-refractivity contribution in [1.82, 2.24) is 20.2 Å². The van der Waals surface area contributed by atoms with E-state index in [1.165, 1.54) is 0 Å². The number of para-hydroxylation sites is 1. The maximum absolute atomic E-state index is 6.17. The van der Waals surface area contributed by atoms with Gasteiger partial charge in [-0.3, -0.25) is 0 Å². The highest BCUT2D eigenvalue weighted by Crippen LogP contribution is 2.29. The summed E-state index contributed by atoms with van der Waals surface area (Å²) in [5.74, 6) is 0.688. The second-order valence-electron chi connectivity index (χ2n) is 5.07. The molecule has 0 spiro atoms. The summed E-state index contributed by atoms with van der Waals surface area (Å²) in [6.07, 6.45) is 0. The van der Waals surface area contributed by atoms with Gasteiger partial charge in [0.2, 0.25) is 0 Å². The van der Waals surface area contributed by atoms with Crippen LogP contribution < -0.4 is 5.73 Å². The molecule has 2 N–H and O–H groups in total. The topological polar surface area (TPSA) is 69.6 Å². The molecule has 106 valence electrons. The summed E-state index contributed by atoms with van der Waals surface area (Å²) in [4.78, 5) is 0. The fourth-order valence-corrected chi connectivity index (χ4v) is 2.38. The molecule has 3 aromatic rings. The highest BCUT2D eigenvalue weighted by Gasteiger charge is 2.18. The normalized spacial score (nSPS) is 12.3. The third-order valence-corrected chi connectivity index (χ3v) is 3.71. The Morgan fingerprint density at radius 3 is 2.57 bits per heavy atom. The summed E-state index contributed by atoms with van der Waals surface area (Å²) in [7, 11) is 0. The minimum absolute atomic E-state index is 0.0381. The van der Waals surface area contributed by atoms with Gasteiger partial charge < -0.3 is 5.73 Å². The van der Waals surface area contributed by atoms with Gasteiger partial charge in [-0.25, -0.2) is 4.68 Å². The Balaban J connectivity index is 2.08. The molecule has 1 aromatic heterocycles. The Labute approximate surface area is 123 Å². The molecule has 0 aliphatic rings. The second kappa shape index (κ2) is 5.36.